The van der Waals surface area contributed by atoms with Crippen LogP contribution in [0.15, 0.2) is 24.3 Å². The molecule has 1 aromatic heterocycles. The number of nitrogens with one attached hydrogen (secondary N) is 2. The maximum Gasteiger partial charge on any atom is 0.225 e. The summed E-state index contributed by atoms with van der Waals surface area (Å²) >= 11 is 0. The van der Waals surface area contributed by atoms with Gasteiger partial charge in [-0.3, -0.25) is 0 Å². The molecule has 0 aliphatic heterocycles. The molecule has 0 unspecified atom stereocenters. The third-order valence-electron chi connectivity index (χ3n) is 3.67. The van der Waals surface area contributed by atoms with Crippen molar-refractivity contribution >= 4 is 17.5 Å². The van der Waals surface area contributed by atoms with Crippen LogP contribution >= 0.6 is 0 Å². The van der Waals surface area contributed by atoms with Crippen LogP contribution in [0.4, 0.5) is 21.8 Å². The maximum absolute atomic E-state index is 13.7. The molecule has 1 saturated carbocycles. The molecule has 0 atom stereocenters. The molecule has 23 heavy (non-hydrogen) atoms. The Kier molecular flexibility index (Phi) is 3.96. The van der Waals surface area contributed by atoms with Gasteiger partial charge in [0.25, 0.3) is 0 Å². The molecule has 0 radical (unpaired) electrons. The van der Waals surface area contributed by atoms with Gasteiger partial charge in [-0.1, -0.05) is 6.07 Å². The van der Waals surface area contributed by atoms with E-state index in [0.717, 1.165) is 5.69 Å². The summed E-state index contributed by atoms with van der Waals surface area (Å²) in [6, 6.07) is 7.07. The topological polar surface area (TPSA) is 49.8 Å². The minimum atomic E-state index is -0.223. The van der Waals surface area contributed by atoms with Crippen LogP contribution in [0.1, 0.15) is 50.8 Å². The van der Waals surface area contributed by atoms with Crippen molar-refractivity contribution in [1.82, 2.24) is 9.97 Å². The van der Waals surface area contributed by atoms with Crippen LogP contribution in [-0.2, 0) is 0 Å². The van der Waals surface area contributed by atoms with E-state index in [-0.39, 0.29) is 11.4 Å². The van der Waals surface area contributed by atoms with Crippen molar-refractivity contribution in [1.29, 1.82) is 0 Å². The minimum Gasteiger partial charge on any atom is -0.350 e. The van der Waals surface area contributed by atoms with Crippen LogP contribution < -0.4 is 10.6 Å². The average molecular weight is 314 g/mol. The first-order valence-electron chi connectivity index (χ1n) is 8.00. The van der Waals surface area contributed by atoms with Crippen LogP contribution in [0.25, 0.3) is 0 Å². The number of aryl methyl sites for hydroxylation is 1. The molecule has 0 spiro atoms. The van der Waals surface area contributed by atoms with Crippen LogP contribution in [0.3, 0.4) is 0 Å². The summed E-state index contributed by atoms with van der Waals surface area (Å²) in [5, 5.41) is 6.50. The molecule has 122 valence electrons. The molecule has 4 nitrogen and oxygen atoms in total. The number of rotatable bonds is 4. The molecule has 1 aromatic carbocycles. The second-order valence-corrected chi connectivity index (χ2v) is 7.24. The zero-order valence-corrected chi connectivity index (χ0v) is 14.1. The van der Waals surface area contributed by atoms with Crippen LogP contribution in [0.2, 0.25) is 0 Å². The lowest BCUT2D eigenvalue weighted by Crippen LogP contribution is -2.27. The fourth-order valence-electron chi connectivity index (χ4n) is 2.33. The molecular formula is C18H23FN4. The van der Waals surface area contributed by atoms with Crippen molar-refractivity contribution in [2.24, 2.45) is 0 Å². The molecule has 1 aliphatic carbocycles. The highest BCUT2D eigenvalue weighted by Gasteiger charge is 2.26. The first-order chi connectivity index (χ1) is 10.8. The predicted molar refractivity (Wildman–Crippen MR) is 91.8 cm³/mol. The monoisotopic (exact) mass is 314 g/mol. The number of hydrogen-bond donors (Lipinski definition) is 2. The van der Waals surface area contributed by atoms with Crippen LogP contribution in [0.5, 0.6) is 0 Å². The molecular weight excluding hydrogens is 291 g/mol. The highest BCUT2D eigenvalue weighted by Crippen LogP contribution is 2.40. The predicted octanol–water partition coefficient (Wildman–Crippen LogP) is 4.76. The molecule has 1 heterocycles. The Morgan fingerprint density at radius 2 is 1.87 bits per heavy atom. The number of hydrogen-bond acceptors (Lipinski definition) is 4. The highest BCUT2D eigenvalue weighted by molar-refractivity contribution is 5.58. The van der Waals surface area contributed by atoms with Crippen LogP contribution in [-0.4, -0.2) is 15.5 Å². The molecule has 0 saturated heterocycles. The van der Waals surface area contributed by atoms with E-state index in [1.54, 1.807) is 13.0 Å². The van der Waals surface area contributed by atoms with E-state index in [1.165, 1.54) is 18.9 Å². The Bertz CT molecular complexity index is 717. The van der Waals surface area contributed by atoms with Crippen molar-refractivity contribution in [3.05, 3.63) is 41.3 Å². The van der Waals surface area contributed by atoms with E-state index in [9.17, 15) is 4.39 Å². The molecule has 3 rings (SSSR count). The number of aromatic nitrogens is 2. The van der Waals surface area contributed by atoms with Gasteiger partial charge in [0.2, 0.25) is 5.95 Å². The van der Waals surface area contributed by atoms with E-state index < -0.39 is 0 Å². The van der Waals surface area contributed by atoms with E-state index in [1.807, 2.05) is 12.1 Å². The number of benzene rings is 1. The van der Waals surface area contributed by atoms with Crippen molar-refractivity contribution in [2.75, 3.05) is 10.6 Å². The van der Waals surface area contributed by atoms with Gasteiger partial charge in [0.1, 0.15) is 11.6 Å². The highest BCUT2D eigenvalue weighted by atomic mass is 19.1. The van der Waals surface area contributed by atoms with Crippen molar-refractivity contribution in [2.45, 2.75) is 52.0 Å². The Labute approximate surface area is 136 Å². The van der Waals surface area contributed by atoms with Gasteiger partial charge >= 0.3 is 0 Å². The summed E-state index contributed by atoms with van der Waals surface area (Å²) in [7, 11) is 0. The summed E-state index contributed by atoms with van der Waals surface area (Å²) < 4.78 is 13.7. The largest absolute Gasteiger partial charge is 0.350 e. The fraction of sp³-hybridized carbons (Fsp3) is 0.444. The Hall–Kier alpha value is -2.17. The Balaban J connectivity index is 1.89. The zero-order valence-electron chi connectivity index (χ0n) is 14.1. The third-order valence-corrected chi connectivity index (χ3v) is 3.67. The van der Waals surface area contributed by atoms with Gasteiger partial charge in [-0.15, -0.1) is 0 Å². The summed E-state index contributed by atoms with van der Waals surface area (Å²) in [6.45, 7) is 7.97. The fourth-order valence-corrected chi connectivity index (χ4v) is 2.33. The second-order valence-electron chi connectivity index (χ2n) is 7.24. The van der Waals surface area contributed by atoms with Gasteiger partial charge in [0, 0.05) is 23.2 Å². The van der Waals surface area contributed by atoms with Gasteiger partial charge in [-0.25, -0.2) is 9.37 Å². The first kappa shape index (κ1) is 15.7. The molecule has 1 fully saturated rings. The van der Waals surface area contributed by atoms with Crippen molar-refractivity contribution in [3.8, 4) is 0 Å². The van der Waals surface area contributed by atoms with Gasteiger partial charge in [-0.2, -0.15) is 4.98 Å². The van der Waals surface area contributed by atoms with Gasteiger partial charge in [0.15, 0.2) is 0 Å². The second kappa shape index (κ2) is 5.80. The van der Waals surface area contributed by atoms with Gasteiger partial charge in [-0.05, 0) is 58.2 Å². The third kappa shape index (κ3) is 4.18. The molecule has 0 amide bonds. The lowest BCUT2D eigenvalue weighted by Gasteiger charge is -2.21. The van der Waals surface area contributed by atoms with Crippen molar-refractivity contribution < 1.29 is 4.39 Å². The summed E-state index contributed by atoms with van der Waals surface area (Å²) in [5.41, 5.74) is 2.25. The molecule has 2 N–H and O–H groups in total. The van der Waals surface area contributed by atoms with E-state index in [0.29, 0.717) is 28.9 Å². The Morgan fingerprint density at radius 3 is 2.48 bits per heavy atom. The number of nitrogens with zero attached hydrogens (tertiary/aromatic N) is 2. The lowest BCUT2D eigenvalue weighted by atomic mass is 10.1. The lowest BCUT2D eigenvalue weighted by molar-refractivity contribution is 0.619. The maximum atomic E-state index is 13.7. The molecule has 5 heteroatoms. The molecule has 0 bridgehead atoms. The SMILES string of the molecule is Cc1ccc(Nc2cc(C3CC3)nc(NC(C)(C)C)n2)cc1F. The van der Waals surface area contributed by atoms with Crippen LogP contribution in [0, 0.1) is 12.7 Å². The molecule has 2 aromatic rings. The minimum absolute atomic E-state index is 0.116. The van der Waals surface area contributed by atoms with Gasteiger partial charge < -0.3 is 10.6 Å². The average Bonchev–Trinajstić information content (AvgIpc) is 3.25. The van der Waals surface area contributed by atoms with E-state index in [2.05, 4.69) is 41.4 Å². The van der Waals surface area contributed by atoms with Gasteiger partial charge in [0.05, 0.1) is 5.69 Å². The summed E-state index contributed by atoms with van der Waals surface area (Å²) in [5.74, 6) is 1.60. The number of halogens is 1. The Morgan fingerprint density at radius 1 is 1.13 bits per heavy atom. The normalized spacial score (nSPS) is 14.7. The molecule has 1 aliphatic rings. The summed E-state index contributed by atoms with van der Waals surface area (Å²) in [6.07, 6.45) is 2.34. The standard InChI is InChI=1S/C18H23FN4/c1-11-5-8-13(9-14(11)19)20-16-10-15(12-6-7-12)21-17(22-16)23-18(2,3)4/h5,8-10,12H,6-7H2,1-4H3,(H2,20,21,22,23). The van der Waals surface area contributed by atoms with E-state index in [4.69, 9.17) is 0 Å². The smallest absolute Gasteiger partial charge is 0.225 e. The van der Waals surface area contributed by atoms with E-state index >= 15 is 0 Å². The number of anilines is 3. The zero-order chi connectivity index (χ0) is 16.6. The quantitative estimate of drug-likeness (QED) is 0.854. The summed E-state index contributed by atoms with van der Waals surface area (Å²) in [4.78, 5) is 9.14. The van der Waals surface area contributed by atoms with Crippen molar-refractivity contribution in [3.63, 3.8) is 0 Å². The first-order valence-corrected chi connectivity index (χ1v) is 8.00.